The monoisotopic (exact) mass is 401 g/mol. The van der Waals surface area contributed by atoms with Gasteiger partial charge in [0.2, 0.25) is 0 Å². The van der Waals surface area contributed by atoms with Crippen molar-refractivity contribution in [1.82, 2.24) is 0 Å². The zero-order valence-corrected chi connectivity index (χ0v) is 13.9. The number of hydrazone groups is 1. The molecule has 0 atom stereocenters. The van der Waals surface area contributed by atoms with E-state index in [1.807, 2.05) is 0 Å². The molecule has 2 aromatic carbocycles. The van der Waals surface area contributed by atoms with Crippen LogP contribution in [0.2, 0.25) is 0 Å². The third-order valence-corrected chi connectivity index (χ3v) is 3.66. The SMILES string of the molecule is CC(=NNc1ccc(C(F)(F)F)cc1[N+](=O)[O-])c1ccc(Br)cc1. The molecular formula is C15H11BrF3N3O2. The third kappa shape index (κ3) is 4.31. The minimum absolute atomic E-state index is 0.121. The molecule has 9 heteroatoms. The van der Waals surface area contributed by atoms with Gasteiger partial charge in [0.05, 0.1) is 16.2 Å². The van der Waals surface area contributed by atoms with Crippen LogP contribution in [0.15, 0.2) is 52.0 Å². The standard InChI is InChI=1S/C15H11BrF3N3O2/c1-9(10-2-5-12(16)6-3-10)20-21-13-7-4-11(15(17,18)19)8-14(13)22(23)24/h2-8,21H,1H3. The van der Waals surface area contributed by atoms with Crippen molar-refractivity contribution < 1.29 is 18.1 Å². The van der Waals surface area contributed by atoms with E-state index in [0.717, 1.165) is 22.2 Å². The van der Waals surface area contributed by atoms with Gasteiger partial charge >= 0.3 is 6.18 Å². The number of halogens is 4. The molecule has 5 nitrogen and oxygen atoms in total. The molecule has 0 fully saturated rings. The number of anilines is 1. The van der Waals surface area contributed by atoms with Gasteiger partial charge in [0, 0.05) is 10.5 Å². The van der Waals surface area contributed by atoms with Crippen LogP contribution >= 0.6 is 15.9 Å². The summed E-state index contributed by atoms with van der Waals surface area (Å²) in [6, 6.07) is 9.40. The van der Waals surface area contributed by atoms with Crippen LogP contribution in [0, 0.1) is 10.1 Å². The molecule has 24 heavy (non-hydrogen) atoms. The zero-order valence-electron chi connectivity index (χ0n) is 12.3. The van der Waals surface area contributed by atoms with Crippen molar-refractivity contribution in [2.75, 3.05) is 5.43 Å². The Kier molecular flexibility index (Phi) is 5.23. The van der Waals surface area contributed by atoms with E-state index in [0.29, 0.717) is 11.8 Å². The van der Waals surface area contributed by atoms with Gasteiger partial charge < -0.3 is 0 Å². The predicted octanol–water partition coefficient (Wildman–Crippen LogP) is 5.21. The van der Waals surface area contributed by atoms with Gasteiger partial charge in [0.15, 0.2) is 0 Å². The van der Waals surface area contributed by atoms with Crippen LogP contribution in [0.5, 0.6) is 0 Å². The molecule has 0 aliphatic carbocycles. The lowest BCUT2D eigenvalue weighted by Gasteiger charge is -2.09. The normalized spacial score (nSPS) is 12.1. The average Bonchev–Trinajstić information content (AvgIpc) is 2.52. The number of nitrogens with one attached hydrogen (secondary N) is 1. The Morgan fingerprint density at radius 3 is 2.38 bits per heavy atom. The Hall–Kier alpha value is -2.42. The number of benzene rings is 2. The molecule has 0 unspecified atom stereocenters. The summed E-state index contributed by atoms with van der Waals surface area (Å²) in [7, 11) is 0. The number of nitro groups is 1. The summed E-state index contributed by atoms with van der Waals surface area (Å²) in [4.78, 5) is 10.1. The first-order chi connectivity index (χ1) is 11.2. The van der Waals surface area contributed by atoms with E-state index in [9.17, 15) is 23.3 Å². The minimum Gasteiger partial charge on any atom is -0.271 e. The summed E-state index contributed by atoms with van der Waals surface area (Å²) >= 11 is 3.30. The van der Waals surface area contributed by atoms with Gasteiger partial charge in [-0.1, -0.05) is 28.1 Å². The highest BCUT2D eigenvalue weighted by Gasteiger charge is 2.33. The fourth-order valence-electron chi connectivity index (χ4n) is 1.85. The smallest absolute Gasteiger partial charge is 0.271 e. The van der Waals surface area contributed by atoms with Crippen LogP contribution in [-0.4, -0.2) is 10.6 Å². The summed E-state index contributed by atoms with van der Waals surface area (Å²) in [5, 5.41) is 15.0. The minimum atomic E-state index is -4.65. The average molecular weight is 402 g/mol. The van der Waals surface area contributed by atoms with Gasteiger partial charge in [-0.05, 0) is 36.8 Å². The van der Waals surface area contributed by atoms with E-state index in [1.165, 1.54) is 0 Å². The molecule has 126 valence electrons. The molecule has 1 N–H and O–H groups in total. The summed E-state index contributed by atoms with van der Waals surface area (Å²) in [5.41, 5.74) is 1.83. The number of nitrogens with zero attached hydrogens (tertiary/aromatic N) is 2. The first-order valence-electron chi connectivity index (χ1n) is 6.60. The molecule has 0 saturated carbocycles. The quantitative estimate of drug-likeness (QED) is 0.434. The van der Waals surface area contributed by atoms with E-state index >= 15 is 0 Å². The maximum absolute atomic E-state index is 12.7. The predicted molar refractivity (Wildman–Crippen MR) is 88.1 cm³/mol. The van der Waals surface area contributed by atoms with Crippen LogP contribution in [-0.2, 0) is 6.18 Å². The summed E-state index contributed by atoms with van der Waals surface area (Å²) in [6.45, 7) is 1.67. The number of rotatable bonds is 4. The molecule has 0 amide bonds. The molecule has 0 heterocycles. The molecule has 0 radical (unpaired) electrons. The van der Waals surface area contributed by atoms with E-state index in [4.69, 9.17) is 0 Å². The van der Waals surface area contributed by atoms with E-state index in [-0.39, 0.29) is 5.69 Å². The molecule has 2 rings (SSSR count). The van der Waals surface area contributed by atoms with Gasteiger partial charge in [-0.3, -0.25) is 15.5 Å². The van der Waals surface area contributed by atoms with E-state index in [2.05, 4.69) is 26.5 Å². The lowest BCUT2D eigenvalue weighted by molar-refractivity contribution is -0.384. The fraction of sp³-hybridized carbons (Fsp3) is 0.133. The third-order valence-electron chi connectivity index (χ3n) is 3.13. The highest BCUT2D eigenvalue weighted by molar-refractivity contribution is 9.10. The van der Waals surface area contributed by atoms with Crippen molar-refractivity contribution in [3.8, 4) is 0 Å². The number of hydrogen-bond acceptors (Lipinski definition) is 4. The van der Waals surface area contributed by atoms with Gasteiger partial charge in [-0.25, -0.2) is 0 Å². The van der Waals surface area contributed by atoms with Crippen LogP contribution in [0.4, 0.5) is 24.5 Å². The van der Waals surface area contributed by atoms with Crippen LogP contribution < -0.4 is 5.43 Å². The summed E-state index contributed by atoms with van der Waals surface area (Å²) in [6.07, 6.45) is -4.65. The molecular weight excluding hydrogens is 391 g/mol. The van der Waals surface area contributed by atoms with Crippen molar-refractivity contribution in [2.45, 2.75) is 13.1 Å². The van der Waals surface area contributed by atoms with Crippen molar-refractivity contribution in [3.63, 3.8) is 0 Å². The van der Waals surface area contributed by atoms with Crippen molar-refractivity contribution in [1.29, 1.82) is 0 Å². The van der Waals surface area contributed by atoms with Gasteiger partial charge in [0.1, 0.15) is 5.69 Å². The second-order valence-corrected chi connectivity index (χ2v) is 5.72. The van der Waals surface area contributed by atoms with Gasteiger partial charge in [-0.2, -0.15) is 18.3 Å². The molecule has 2 aromatic rings. The zero-order chi connectivity index (χ0) is 17.9. The Labute approximate surface area is 143 Å². The van der Waals surface area contributed by atoms with Crippen LogP contribution in [0.25, 0.3) is 0 Å². The van der Waals surface area contributed by atoms with Crippen LogP contribution in [0.3, 0.4) is 0 Å². The molecule has 0 aliphatic rings. The number of nitro benzene ring substituents is 1. The molecule has 0 aliphatic heterocycles. The molecule has 0 saturated heterocycles. The Bertz CT molecular complexity index is 790. The van der Waals surface area contributed by atoms with E-state index in [1.54, 1.807) is 31.2 Å². The lowest BCUT2D eigenvalue weighted by atomic mass is 10.1. The second kappa shape index (κ2) is 7.00. The maximum atomic E-state index is 12.7. The molecule has 0 aromatic heterocycles. The first-order valence-corrected chi connectivity index (χ1v) is 7.39. The second-order valence-electron chi connectivity index (χ2n) is 4.80. The van der Waals surface area contributed by atoms with Gasteiger partial charge in [0.25, 0.3) is 5.69 Å². The fourth-order valence-corrected chi connectivity index (χ4v) is 2.12. The summed E-state index contributed by atoms with van der Waals surface area (Å²) in [5.74, 6) is 0. The maximum Gasteiger partial charge on any atom is 0.416 e. The Morgan fingerprint density at radius 1 is 1.21 bits per heavy atom. The topological polar surface area (TPSA) is 67.5 Å². The van der Waals surface area contributed by atoms with E-state index < -0.39 is 22.4 Å². The Balaban J connectivity index is 2.30. The van der Waals surface area contributed by atoms with Crippen molar-refractivity contribution in [3.05, 3.63) is 68.2 Å². The number of hydrogen-bond donors (Lipinski definition) is 1. The Morgan fingerprint density at radius 2 is 1.83 bits per heavy atom. The molecule has 0 spiro atoms. The van der Waals surface area contributed by atoms with Crippen LogP contribution in [0.1, 0.15) is 18.1 Å². The van der Waals surface area contributed by atoms with Crippen molar-refractivity contribution >= 4 is 33.0 Å². The van der Waals surface area contributed by atoms with Gasteiger partial charge in [-0.15, -0.1) is 0 Å². The highest BCUT2D eigenvalue weighted by Crippen LogP contribution is 2.35. The first kappa shape index (κ1) is 17.9. The van der Waals surface area contributed by atoms with Crippen molar-refractivity contribution in [2.24, 2.45) is 5.10 Å². The summed E-state index contributed by atoms with van der Waals surface area (Å²) < 4.78 is 38.8. The lowest BCUT2D eigenvalue weighted by Crippen LogP contribution is -2.07. The highest BCUT2D eigenvalue weighted by atomic mass is 79.9. The molecule has 0 bridgehead atoms. The number of alkyl halides is 3. The largest absolute Gasteiger partial charge is 0.416 e.